The van der Waals surface area contributed by atoms with Gasteiger partial charge in [-0.3, -0.25) is 4.90 Å². The number of likely N-dealkylation sites (N-methyl/N-ethyl adjacent to an activating group) is 1. The van der Waals surface area contributed by atoms with Gasteiger partial charge in [-0.25, -0.2) is 13.1 Å². The van der Waals surface area contributed by atoms with E-state index in [4.69, 9.17) is 5.11 Å². The van der Waals surface area contributed by atoms with E-state index in [1.807, 2.05) is 0 Å². The average Bonchev–Trinajstić information content (AvgIpc) is 3.04. The van der Waals surface area contributed by atoms with Crippen LogP contribution in [0.15, 0.2) is 16.3 Å². The van der Waals surface area contributed by atoms with Crippen molar-refractivity contribution >= 4 is 21.4 Å². The Morgan fingerprint density at radius 3 is 3.05 bits per heavy atom. The summed E-state index contributed by atoms with van der Waals surface area (Å²) in [5, 5.41) is 10.8. The Balaban J connectivity index is 2.02. The molecule has 0 saturated carbocycles. The minimum atomic E-state index is -3.51. The van der Waals surface area contributed by atoms with E-state index in [9.17, 15) is 8.42 Å². The first kappa shape index (κ1) is 14.9. The van der Waals surface area contributed by atoms with Crippen molar-refractivity contribution < 1.29 is 13.5 Å². The SMILES string of the molecule is CCN1CCCC1CNS(=O)(=O)c1ccsc1CO. The Morgan fingerprint density at radius 2 is 2.37 bits per heavy atom. The van der Waals surface area contributed by atoms with Crippen LogP contribution in [0.5, 0.6) is 0 Å². The van der Waals surface area contributed by atoms with Gasteiger partial charge in [0.15, 0.2) is 0 Å². The molecule has 1 fully saturated rings. The third-order valence-electron chi connectivity index (χ3n) is 3.55. The quantitative estimate of drug-likeness (QED) is 0.823. The van der Waals surface area contributed by atoms with E-state index in [1.54, 1.807) is 11.4 Å². The summed E-state index contributed by atoms with van der Waals surface area (Å²) in [4.78, 5) is 3.00. The largest absolute Gasteiger partial charge is 0.391 e. The minimum Gasteiger partial charge on any atom is -0.391 e. The van der Waals surface area contributed by atoms with Crippen LogP contribution >= 0.6 is 11.3 Å². The molecule has 1 unspecified atom stereocenters. The molecule has 1 aliphatic heterocycles. The highest BCUT2D eigenvalue weighted by atomic mass is 32.2. The molecular formula is C12H20N2O3S2. The molecule has 108 valence electrons. The normalized spacial score (nSPS) is 21.1. The number of hydrogen-bond donors (Lipinski definition) is 2. The van der Waals surface area contributed by atoms with Gasteiger partial charge in [-0.2, -0.15) is 0 Å². The number of sulfonamides is 1. The summed E-state index contributed by atoms with van der Waals surface area (Å²) in [5.41, 5.74) is 0. The van der Waals surface area contributed by atoms with E-state index in [0.29, 0.717) is 11.4 Å². The number of hydrogen-bond acceptors (Lipinski definition) is 5. The van der Waals surface area contributed by atoms with E-state index < -0.39 is 10.0 Å². The second-order valence-corrected chi connectivity index (χ2v) is 7.38. The monoisotopic (exact) mass is 304 g/mol. The number of rotatable bonds is 6. The van der Waals surface area contributed by atoms with Crippen LogP contribution in [0, 0.1) is 0 Å². The van der Waals surface area contributed by atoms with Gasteiger partial charge in [0.05, 0.1) is 11.5 Å². The molecule has 0 radical (unpaired) electrons. The zero-order valence-corrected chi connectivity index (χ0v) is 12.6. The van der Waals surface area contributed by atoms with Gasteiger partial charge in [0.2, 0.25) is 10.0 Å². The van der Waals surface area contributed by atoms with E-state index >= 15 is 0 Å². The summed E-state index contributed by atoms with van der Waals surface area (Å²) in [6.07, 6.45) is 2.16. The Bertz CT molecular complexity index is 513. The van der Waals surface area contributed by atoms with Gasteiger partial charge in [0.1, 0.15) is 0 Å². The van der Waals surface area contributed by atoms with E-state index in [0.717, 1.165) is 25.9 Å². The van der Waals surface area contributed by atoms with Crippen LogP contribution in [0.3, 0.4) is 0 Å². The molecule has 0 spiro atoms. The first-order chi connectivity index (χ1) is 9.08. The Morgan fingerprint density at radius 1 is 1.58 bits per heavy atom. The molecule has 2 heterocycles. The lowest BCUT2D eigenvalue weighted by Crippen LogP contribution is -2.40. The summed E-state index contributed by atoms with van der Waals surface area (Å²) >= 11 is 1.26. The number of nitrogens with one attached hydrogen (secondary N) is 1. The van der Waals surface area contributed by atoms with Crippen LogP contribution in [-0.2, 0) is 16.6 Å². The first-order valence-electron chi connectivity index (χ1n) is 6.49. The second-order valence-electron chi connectivity index (χ2n) is 4.64. The summed E-state index contributed by atoms with van der Waals surface area (Å²) < 4.78 is 27.0. The fourth-order valence-corrected chi connectivity index (χ4v) is 4.88. The topological polar surface area (TPSA) is 69.6 Å². The van der Waals surface area contributed by atoms with Crippen LogP contribution < -0.4 is 4.72 Å². The number of thiophene rings is 1. The van der Waals surface area contributed by atoms with Crippen molar-refractivity contribution in [2.75, 3.05) is 19.6 Å². The second kappa shape index (κ2) is 6.32. The van der Waals surface area contributed by atoms with Gasteiger partial charge in [0, 0.05) is 17.5 Å². The molecule has 2 rings (SSSR count). The van der Waals surface area contributed by atoms with Crippen LogP contribution in [0.25, 0.3) is 0 Å². The van der Waals surface area contributed by atoms with Gasteiger partial charge in [0.25, 0.3) is 0 Å². The van der Waals surface area contributed by atoms with Crippen molar-refractivity contribution in [2.45, 2.75) is 37.3 Å². The lowest BCUT2D eigenvalue weighted by molar-refractivity contribution is 0.267. The lowest BCUT2D eigenvalue weighted by Gasteiger charge is -2.22. The Labute approximate surface area is 118 Å². The zero-order chi connectivity index (χ0) is 13.9. The van der Waals surface area contributed by atoms with Crippen LogP contribution in [0.4, 0.5) is 0 Å². The predicted molar refractivity (Wildman–Crippen MR) is 75.7 cm³/mol. The maximum absolute atomic E-state index is 12.2. The van der Waals surface area contributed by atoms with E-state index in [-0.39, 0.29) is 17.5 Å². The molecular weight excluding hydrogens is 284 g/mol. The molecule has 5 nitrogen and oxygen atoms in total. The number of nitrogens with zero attached hydrogens (tertiary/aromatic N) is 1. The summed E-state index contributed by atoms with van der Waals surface area (Å²) in [6, 6.07) is 1.83. The molecule has 0 amide bonds. The third-order valence-corrected chi connectivity index (χ3v) is 6.10. The van der Waals surface area contributed by atoms with E-state index in [1.165, 1.54) is 11.3 Å². The van der Waals surface area contributed by atoms with Crippen molar-refractivity contribution in [3.8, 4) is 0 Å². The molecule has 0 aliphatic carbocycles. The molecule has 1 aromatic heterocycles. The van der Waals surface area contributed by atoms with Crippen molar-refractivity contribution in [1.29, 1.82) is 0 Å². The molecule has 1 saturated heterocycles. The van der Waals surface area contributed by atoms with Crippen molar-refractivity contribution in [3.05, 3.63) is 16.3 Å². The van der Waals surface area contributed by atoms with Gasteiger partial charge in [-0.1, -0.05) is 6.92 Å². The molecule has 19 heavy (non-hydrogen) atoms. The standard InChI is InChI=1S/C12H20N2O3S2/c1-2-14-6-3-4-10(14)8-13-19(16,17)12-5-7-18-11(12)9-15/h5,7,10,13,15H,2-4,6,8-9H2,1H3. The van der Waals surface area contributed by atoms with Gasteiger partial charge in [-0.15, -0.1) is 11.3 Å². The molecule has 1 atom stereocenters. The van der Waals surface area contributed by atoms with Crippen molar-refractivity contribution in [2.24, 2.45) is 0 Å². The van der Waals surface area contributed by atoms with Gasteiger partial charge < -0.3 is 5.11 Å². The predicted octanol–water partition coefficient (Wildman–Crippen LogP) is 1.00. The van der Waals surface area contributed by atoms with E-state index in [2.05, 4.69) is 16.5 Å². The summed E-state index contributed by atoms with van der Waals surface area (Å²) in [5.74, 6) is 0. The average molecular weight is 304 g/mol. The lowest BCUT2D eigenvalue weighted by atomic mass is 10.2. The maximum Gasteiger partial charge on any atom is 0.241 e. The van der Waals surface area contributed by atoms with Gasteiger partial charge >= 0.3 is 0 Å². The van der Waals surface area contributed by atoms with Gasteiger partial charge in [-0.05, 0) is 37.4 Å². The highest BCUT2D eigenvalue weighted by Gasteiger charge is 2.26. The summed E-state index contributed by atoms with van der Waals surface area (Å²) in [7, 11) is -3.51. The molecule has 2 N–H and O–H groups in total. The molecule has 7 heteroatoms. The Kier molecular flexibility index (Phi) is 4.97. The van der Waals surface area contributed by atoms with Crippen LogP contribution in [0.2, 0.25) is 0 Å². The number of aliphatic hydroxyl groups is 1. The smallest absolute Gasteiger partial charge is 0.241 e. The number of likely N-dealkylation sites (tertiary alicyclic amines) is 1. The Hall–Kier alpha value is -0.470. The fourth-order valence-electron chi connectivity index (χ4n) is 2.51. The highest BCUT2D eigenvalue weighted by molar-refractivity contribution is 7.89. The zero-order valence-electron chi connectivity index (χ0n) is 11.0. The third kappa shape index (κ3) is 3.35. The van der Waals surface area contributed by atoms with Crippen LogP contribution in [-0.4, -0.2) is 44.1 Å². The molecule has 0 bridgehead atoms. The highest BCUT2D eigenvalue weighted by Crippen LogP contribution is 2.22. The summed E-state index contributed by atoms with van der Waals surface area (Å²) in [6.45, 7) is 4.29. The van der Waals surface area contributed by atoms with Crippen LogP contribution in [0.1, 0.15) is 24.6 Å². The maximum atomic E-state index is 12.2. The molecule has 1 aromatic rings. The van der Waals surface area contributed by atoms with Crippen molar-refractivity contribution in [1.82, 2.24) is 9.62 Å². The first-order valence-corrected chi connectivity index (χ1v) is 8.85. The minimum absolute atomic E-state index is 0.209. The van der Waals surface area contributed by atoms with Crippen molar-refractivity contribution in [3.63, 3.8) is 0 Å². The molecule has 1 aliphatic rings. The number of aliphatic hydroxyl groups excluding tert-OH is 1. The molecule has 0 aromatic carbocycles. The fraction of sp³-hybridized carbons (Fsp3) is 0.667.